The molecule has 8 nitrogen and oxygen atoms in total. The minimum absolute atomic E-state index is 0.0632. The molecular weight excluding hydrogens is 311 g/mol. The highest BCUT2D eigenvalue weighted by atomic mass is 31.2. The van der Waals surface area contributed by atoms with E-state index in [0.717, 1.165) is 0 Å². The fraction of sp³-hybridized carbons (Fsp3) is 0.462. The average molecular weight is 328 g/mol. The van der Waals surface area contributed by atoms with Gasteiger partial charge in [-0.25, -0.2) is 4.57 Å². The molecule has 22 heavy (non-hydrogen) atoms. The van der Waals surface area contributed by atoms with E-state index < -0.39 is 18.3 Å². The van der Waals surface area contributed by atoms with Crippen molar-refractivity contribution in [3.05, 3.63) is 39.9 Å². The fourth-order valence-corrected chi connectivity index (χ4v) is 3.09. The third kappa shape index (κ3) is 4.36. The van der Waals surface area contributed by atoms with Crippen LogP contribution in [0.5, 0.6) is 0 Å². The number of phosphoric ester groups is 1. The SMILES string of the molecule is CCOP(=O)(OCC)OC(C)(C#N)c1cccc([N+](=O)[O-])c1. The number of nitriles is 1. The number of nitro groups is 1. The second kappa shape index (κ2) is 7.47. The van der Waals surface area contributed by atoms with Crippen LogP contribution in [0, 0.1) is 21.4 Å². The highest BCUT2D eigenvalue weighted by Gasteiger charge is 2.40. The summed E-state index contributed by atoms with van der Waals surface area (Å²) in [6, 6.07) is 7.21. The number of phosphoric acid groups is 1. The van der Waals surface area contributed by atoms with Gasteiger partial charge in [0.15, 0.2) is 5.60 Å². The molecule has 0 bridgehead atoms. The van der Waals surface area contributed by atoms with Crippen molar-refractivity contribution in [2.75, 3.05) is 13.2 Å². The smallest absolute Gasteiger partial charge is 0.287 e. The summed E-state index contributed by atoms with van der Waals surface area (Å²) in [6.45, 7) is 4.68. The summed E-state index contributed by atoms with van der Waals surface area (Å²) >= 11 is 0. The lowest BCUT2D eigenvalue weighted by molar-refractivity contribution is -0.385. The molecular formula is C13H17N2O6P. The normalized spacial score (nSPS) is 14.1. The van der Waals surface area contributed by atoms with Gasteiger partial charge in [-0.1, -0.05) is 12.1 Å². The maximum Gasteiger partial charge on any atom is 0.476 e. The number of hydrogen-bond donors (Lipinski definition) is 0. The van der Waals surface area contributed by atoms with E-state index in [1.54, 1.807) is 13.8 Å². The Kier molecular flexibility index (Phi) is 6.21. The van der Waals surface area contributed by atoms with Crippen molar-refractivity contribution in [2.45, 2.75) is 26.4 Å². The van der Waals surface area contributed by atoms with Gasteiger partial charge in [-0.3, -0.25) is 23.7 Å². The summed E-state index contributed by atoms with van der Waals surface area (Å²) in [4.78, 5) is 10.2. The largest absolute Gasteiger partial charge is 0.476 e. The van der Waals surface area contributed by atoms with Crippen LogP contribution in [0.15, 0.2) is 24.3 Å². The Hall–Kier alpha value is -1.78. The van der Waals surface area contributed by atoms with Crippen molar-refractivity contribution >= 4 is 13.5 Å². The molecule has 1 unspecified atom stereocenters. The van der Waals surface area contributed by atoms with Crippen LogP contribution in [0.3, 0.4) is 0 Å². The molecule has 0 N–H and O–H groups in total. The van der Waals surface area contributed by atoms with E-state index in [-0.39, 0.29) is 24.5 Å². The van der Waals surface area contributed by atoms with E-state index in [4.69, 9.17) is 13.6 Å². The number of non-ortho nitro benzene ring substituents is 1. The highest BCUT2D eigenvalue weighted by Crippen LogP contribution is 2.54. The molecule has 1 rings (SSSR count). The van der Waals surface area contributed by atoms with Gasteiger partial charge in [0.05, 0.1) is 18.1 Å². The van der Waals surface area contributed by atoms with E-state index >= 15 is 0 Å². The second-order valence-corrected chi connectivity index (χ2v) is 5.92. The molecule has 0 spiro atoms. The average Bonchev–Trinajstić information content (AvgIpc) is 2.47. The molecule has 0 saturated carbocycles. The minimum atomic E-state index is -3.95. The third-order valence-corrected chi connectivity index (χ3v) is 4.43. The molecule has 120 valence electrons. The van der Waals surface area contributed by atoms with Crippen molar-refractivity contribution < 1.29 is 23.1 Å². The first kappa shape index (κ1) is 18.3. The Balaban J connectivity index is 3.21. The zero-order valence-corrected chi connectivity index (χ0v) is 13.4. The Bertz CT molecular complexity index is 619. The predicted molar refractivity (Wildman–Crippen MR) is 78.0 cm³/mol. The van der Waals surface area contributed by atoms with Gasteiger partial charge in [0.25, 0.3) is 5.69 Å². The van der Waals surface area contributed by atoms with Crippen molar-refractivity contribution in [2.24, 2.45) is 0 Å². The molecule has 1 atom stereocenters. The third-order valence-electron chi connectivity index (χ3n) is 2.69. The molecule has 0 aromatic heterocycles. The molecule has 0 aliphatic heterocycles. The fourth-order valence-electron chi connectivity index (χ4n) is 1.68. The lowest BCUT2D eigenvalue weighted by atomic mass is 9.97. The topological polar surface area (TPSA) is 112 Å². The summed E-state index contributed by atoms with van der Waals surface area (Å²) in [5, 5.41) is 20.2. The molecule has 9 heteroatoms. The van der Waals surface area contributed by atoms with Crippen LogP contribution in [-0.2, 0) is 23.7 Å². The van der Waals surface area contributed by atoms with Crippen LogP contribution in [0.2, 0.25) is 0 Å². The monoisotopic (exact) mass is 328 g/mol. The molecule has 0 saturated heterocycles. The van der Waals surface area contributed by atoms with Crippen molar-refractivity contribution in [1.29, 1.82) is 5.26 Å². The Morgan fingerprint density at radius 1 is 1.36 bits per heavy atom. The van der Waals surface area contributed by atoms with Crippen LogP contribution in [0.25, 0.3) is 0 Å². The van der Waals surface area contributed by atoms with Crippen LogP contribution in [0.1, 0.15) is 26.3 Å². The van der Waals surface area contributed by atoms with Crippen molar-refractivity contribution in [1.82, 2.24) is 0 Å². The lowest BCUT2D eigenvalue weighted by Gasteiger charge is -2.26. The van der Waals surface area contributed by atoms with Gasteiger partial charge in [0, 0.05) is 17.7 Å². The Morgan fingerprint density at radius 3 is 2.41 bits per heavy atom. The van der Waals surface area contributed by atoms with E-state index in [9.17, 15) is 19.9 Å². The first-order valence-electron chi connectivity index (χ1n) is 6.56. The number of rotatable bonds is 8. The summed E-state index contributed by atoms with van der Waals surface area (Å²) in [5.74, 6) is 0. The second-order valence-electron chi connectivity index (χ2n) is 4.33. The number of benzene rings is 1. The van der Waals surface area contributed by atoms with Gasteiger partial charge in [-0.05, 0) is 20.8 Å². The first-order chi connectivity index (χ1) is 10.3. The zero-order chi connectivity index (χ0) is 16.8. The maximum atomic E-state index is 12.4. The molecule has 0 amide bonds. The standard InChI is InChI=1S/C13H17N2O6P/c1-4-19-22(18,20-5-2)21-13(3,10-14)11-7-6-8-12(9-11)15(16)17/h6-9H,4-5H2,1-3H3. The van der Waals surface area contributed by atoms with Crippen molar-refractivity contribution in [3.63, 3.8) is 0 Å². The van der Waals surface area contributed by atoms with E-state index in [1.165, 1.54) is 31.2 Å². The number of nitrogens with zero attached hydrogens (tertiary/aromatic N) is 2. The van der Waals surface area contributed by atoms with Gasteiger partial charge in [0.1, 0.15) is 6.07 Å². The summed E-state index contributed by atoms with van der Waals surface area (Å²) in [7, 11) is -3.95. The molecule has 0 aliphatic carbocycles. The van der Waals surface area contributed by atoms with Gasteiger partial charge >= 0.3 is 7.82 Å². The molecule has 0 heterocycles. The summed E-state index contributed by atoms with van der Waals surface area (Å²) < 4.78 is 27.7. The van der Waals surface area contributed by atoms with Crippen LogP contribution in [-0.4, -0.2) is 18.1 Å². The van der Waals surface area contributed by atoms with E-state index in [1.807, 2.05) is 6.07 Å². The van der Waals surface area contributed by atoms with Gasteiger partial charge in [-0.15, -0.1) is 0 Å². The molecule has 1 aromatic carbocycles. The summed E-state index contributed by atoms with van der Waals surface area (Å²) in [5.41, 5.74) is -1.74. The van der Waals surface area contributed by atoms with E-state index in [2.05, 4.69) is 0 Å². The predicted octanol–water partition coefficient (Wildman–Crippen LogP) is 3.53. The van der Waals surface area contributed by atoms with Gasteiger partial charge < -0.3 is 0 Å². The zero-order valence-electron chi connectivity index (χ0n) is 12.5. The molecule has 1 aromatic rings. The van der Waals surface area contributed by atoms with Crippen molar-refractivity contribution in [3.8, 4) is 6.07 Å². The number of nitro benzene ring substituents is 1. The molecule has 0 fully saturated rings. The van der Waals surface area contributed by atoms with Crippen LogP contribution in [0.4, 0.5) is 5.69 Å². The summed E-state index contributed by atoms with van der Waals surface area (Å²) in [6.07, 6.45) is 0. The minimum Gasteiger partial charge on any atom is -0.287 e. The molecule has 0 aliphatic rings. The Labute approximate surface area is 128 Å². The van der Waals surface area contributed by atoms with E-state index in [0.29, 0.717) is 0 Å². The van der Waals surface area contributed by atoms with Crippen LogP contribution < -0.4 is 0 Å². The first-order valence-corrected chi connectivity index (χ1v) is 8.02. The molecule has 0 radical (unpaired) electrons. The van der Waals surface area contributed by atoms with Crippen LogP contribution >= 0.6 is 7.82 Å². The highest BCUT2D eigenvalue weighted by molar-refractivity contribution is 7.48. The Morgan fingerprint density at radius 2 is 1.95 bits per heavy atom. The quantitative estimate of drug-likeness (QED) is 0.407. The van der Waals surface area contributed by atoms with Gasteiger partial charge in [0.2, 0.25) is 0 Å². The number of hydrogen-bond acceptors (Lipinski definition) is 7. The maximum absolute atomic E-state index is 12.4. The van der Waals surface area contributed by atoms with Gasteiger partial charge in [-0.2, -0.15) is 5.26 Å². The lowest BCUT2D eigenvalue weighted by Crippen LogP contribution is -2.24.